The van der Waals surface area contributed by atoms with Gasteiger partial charge >= 0.3 is 0 Å². The first-order valence-corrected chi connectivity index (χ1v) is 4.73. The Hall–Kier alpha value is -0.610. The van der Waals surface area contributed by atoms with Crippen LogP contribution < -0.4 is 5.73 Å². The Balaban J connectivity index is 3.67. The first-order valence-electron chi connectivity index (χ1n) is 4.73. The van der Waals surface area contributed by atoms with E-state index in [0.29, 0.717) is 6.54 Å². The van der Waals surface area contributed by atoms with E-state index in [1.54, 1.807) is 4.90 Å². The Labute approximate surface area is 80.0 Å². The maximum atomic E-state index is 11.3. The minimum absolute atomic E-state index is 0.0574. The molecule has 0 aliphatic heterocycles. The third-order valence-electron chi connectivity index (χ3n) is 1.88. The first kappa shape index (κ1) is 12.4. The molecule has 0 rings (SSSR count). The van der Waals surface area contributed by atoms with Crippen LogP contribution in [0.3, 0.4) is 0 Å². The molecule has 0 saturated carbocycles. The third kappa shape index (κ3) is 5.60. The molecule has 0 aromatic carbocycles. The summed E-state index contributed by atoms with van der Waals surface area (Å²) in [5.74, 6) is 0.0574. The van der Waals surface area contributed by atoms with E-state index in [4.69, 9.17) is 10.5 Å². The summed E-state index contributed by atoms with van der Waals surface area (Å²) in [5.41, 5.74) is 5.36. The molecular weight excluding hydrogens is 168 g/mol. The van der Waals surface area contributed by atoms with E-state index < -0.39 is 0 Å². The van der Waals surface area contributed by atoms with Crippen molar-refractivity contribution >= 4 is 5.91 Å². The standard InChI is InChI=1S/C9H20N2O2/c1-3-11(7-5-4-6-10)9(12)8-13-2/h3-8,10H2,1-2H3. The minimum atomic E-state index is 0.0574. The van der Waals surface area contributed by atoms with Crippen molar-refractivity contribution < 1.29 is 9.53 Å². The molecule has 0 radical (unpaired) electrons. The van der Waals surface area contributed by atoms with Crippen molar-refractivity contribution in [3.05, 3.63) is 0 Å². The average molecular weight is 188 g/mol. The van der Waals surface area contributed by atoms with Gasteiger partial charge in [-0.25, -0.2) is 0 Å². The molecule has 0 heterocycles. The van der Waals surface area contributed by atoms with Crippen LogP contribution in [0, 0.1) is 0 Å². The summed E-state index contributed by atoms with van der Waals surface area (Å²) in [6.07, 6.45) is 1.94. The Morgan fingerprint density at radius 3 is 2.62 bits per heavy atom. The van der Waals surface area contributed by atoms with E-state index in [1.165, 1.54) is 7.11 Å². The molecule has 0 aliphatic rings. The molecule has 0 spiro atoms. The highest BCUT2D eigenvalue weighted by Crippen LogP contribution is 1.95. The summed E-state index contributed by atoms with van der Waals surface area (Å²) in [4.78, 5) is 13.1. The van der Waals surface area contributed by atoms with Crippen LogP contribution >= 0.6 is 0 Å². The molecule has 2 N–H and O–H groups in total. The second-order valence-electron chi connectivity index (χ2n) is 2.90. The minimum Gasteiger partial charge on any atom is -0.375 e. The molecule has 0 bridgehead atoms. The van der Waals surface area contributed by atoms with E-state index in [-0.39, 0.29) is 12.5 Å². The van der Waals surface area contributed by atoms with Gasteiger partial charge in [0.2, 0.25) is 5.91 Å². The highest BCUT2D eigenvalue weighted by Gasteiger charge is 2.09. The fourth-order valence-electron chi connectivity index (χ4n) is 1.12. The smallest absolute Gasteiger partial charge is 0.248 e. The quantitative estimate of drug-likeness (QED) is 0.581. The monoisotopic (exact) mass is 188 g/mol. The zero-order valence-electron chi connectivity index (χ0n) is 8.58. The van der Waals surface area contributed by atoms with Crippen molar-refractivity contribution in [2.45, 2.75) is 19.8 Å². The van der Waals surface area contributed by atoms with Gasteiger partial charge in [-0.2, -0.15) is 0 Å². The highest BCUT2D eigenvalue weighted by atomic mass is 16.5. The Morgan fingerprint density at radius 1 is 1.46 bits per heavy atom. The second-order valence-corrected chi connectivity index (χ2v) is 2.90. The van der Waals surface area contributed by atoms with Crippen LogP contribution in [0.5, 0.6) is 0 Å². The van der Waals surface area contributed by atoms with Crippen molar-refractivity contribution in [1.29, 1.82) is 0 Å². The van der Waals surface area contributed by atoms with Crippen LogP contribution in [0.15, 0.2) is 0 Å². The Kier molecular flexibility index (Phi) is 7.63. The van der Waals surface area contributed by atoms with E-state index in [1.807, 2.05) is 6.92 Å². The predicted octanol–water partition coefficient (Wildman–Crippen LogP) is 0.220. The summed E-state index contributed by atoms with van der Waals surface area (Å²) in [6, 6.07) is 0. The summed E-state index contributed by atoms with van der Waals surface area (Å²) < 4.78 is 4.78. The molecule has 0 aliphatic carbocycles. The zero-order chi connectivity index (χ0) is 10.1. The van der Waals surface area contributed by atoms with Gasteiger partial charge in [-0.15, -0.1) is 0 Å². The summed E-state index contributed by atoms with van der Waals surface area (Å²) in [5, 5.41) is 0. The normalized spacial score (nSPS) is 10.1. The predicted molar refractivity (Wildman–Crippen MR) is 52.4 cm³/mol. The van der Waals surface area contributed by atoms with Crippen molar-refractivity contribution in [3.63, 3.8) is 0 Å². The number of methoxy groups -OCH3 is 1. The number of hydrogen-bond acceptors (Lipinski definition) is 3. The van der Waals surface area contributed by atoms with E-state index in [2.05, 4.69) is 0 Å². The molecule has 0 unspecified atom stereocenters. The molecule has 4 heteroatoms. The molecule has 4 nitrogen and oxygen atoms in total. The fourth-order valence-corrected chi connectivity index (χ4v) is 1.12. The van der Waals surface area contributed by atoms with E-state index in [0.717, 1.165) is 25.9 Å². The molecule has 0 fully saturated rings. The first-order chi connectivity index (χ1) is 6.26. The fraction of sp³-hybridized carbons (Fsp3) is 0.889. The summed E-state index contributed by atoms with van der Waals surface area (Å²) >= 11 is 0. The largest absolute Gasteiger partial charge is 0.375 e. The maximum Gasteiger partial charge on any atom is 0.248 e. The lowest BCUT2D eigenvalue weighted by Gasteiger charge is -2.20. The Bertz CT molecular complexity index is 140. The number of hydrogen-bond donors (Lipinski definition) is 1. The van der Waals surface area contributed by atoms with Gasteiger partial charge < -0.3 is 15.4 Å². The number of unbranched alkanes of at least 4 members (excludes halogenated alkanes) is 1. The number of nitrogens with two attached hydrogens (primary N) is 1. The molecule has 0 atom stereocenters. The van der Waals surface area contributed by atoms with Gasteiger partial charge in [0.05, 0.1) is 0 Å². The molecular formula is C9H20N2O2. The number of amides is 1. The van der Waals surface area contributed by atoms with E-state index >= 15 is 0 Å². The molecule has 1 amide bonds. The van der Waals surface area contributed by atoms with Crippen molar-refractivity contribution in [2.75, 3.05) is 33.4 Å². The van der Waals surface area contributed by atoms with Gasteiger partial charge in [0.1, 0.15) is 6.61 Å². The van der Waals surface area contributed by atoms with Gasteiger partial charge in [0.15, 0.2) is 0 Å². The van der Waals surface area contributed by atoms with Gasteiger partial charge in [-0.05, 0) is 26.3 Å². The molecule has 0 saturated heterocycles. The zero-order valence-corrected chi connectivity index (χ0v) is 8.58. The summed E-state index contributed by atoms with van der Waals surface area (Å²) in [7, 11) is 1.53. The lowest BCUT2D eigenvalue weighted by Crippen LogP contribution is -2.34. The Morgan fingerprint density at radius 2 is 2.15 bits per heavy atom. The summed E-state index contributed by atoms with van der Waals surface area (Å²) in [6.45, 7) is 4.37. The van der Waals surface area contributed by atoms with Gasteiger partial charge in [0.25, 0.3) is 0 Å². The van der Waals surface area contributed by atoms with Crippen LogP contribution in [0.25, 0.3) is 0 Å². The van der Waals surface area contributed by atoms with E-state index in [9.17, 15) is 4.79 Å². The lowest BCUT2D eigenvalue weighted by molar-refractivity contribution is -0.135. The molecule has 13 heavy (non-hydrogen) atoms. The SMILES string of the molecule is CCN(CCCCN)C(=O)COC. The average Bonchev–Trinajstić information content (AvgIpc) is 2.13. The van der Waals surface area contributed by atoms with Crippen LogP contribution in [-0.4, -0.2) is 44.2 Å². The number of carbonyl (C=O) groups excluding carboxylic acids is 1. The van der Waals surface area contributed by atoms with Gasteiger partial charge in [0, 0.05) is 20.2 Å². The van der Waals surface area contributed by atoms with Gasteiger partial charge in [-0.1, -0.05) is 0 Å². The van der Waals surface area contributed by atoms with Crippen molar-refractivity contribution in [1.82, 2.24) is 4.90 Å². The topological polar surface area (TPSA) is 55.6 Å². The number of nitrogens with zero attached hydrogens (tertiary/aromatic N) is 1. The van der Waals surface area contributed by atoms with Gasteiger partial charge in [-0.3, -0.25) is 4.79 Å². The molecule has 0 aromatic rings. The van der Waals surface area contributed by atoms with Crippen LogP contribution in [0.4, 0.5) is 0 Å². The number of carbonyl (C=O) groups is 1. The van der Waals surface area contributed by atoms with Crippen molar-refractivity contribution in [3.8, 4) is 0 Å². The number of rotatable bonds is 7. The lowest BCUT2D eigenvalue weighted by atomic mass is 10.3. The van der Waals surface area contributed by atoms with Crippen LogP contribution in [-0.2, 0) is 9.53 Å². The highest BCUT2D eigenvalue weighted by molar-refractivity contribution is 5.77. The third-order valence-corrected chi connectivity index (χ3v) is 1.88. The molecule has 0 aromatic heterocycles. The molecule has 78 valence electrons. The van der Waals surface area contributed by atoms with Crippen molar-refractivity contribution in [2.24, 2.45) is 5.73 Å². The van der Waals surface area contributed by atoms with Crippen LogP contribution in [0.2, 0.25) is 0 Å². The maximum absolute atomic E-state index is 11.3. The second kappa shape index (κ2) is 8.01. The number of ether oxygens (including phenoxy) is 1. The van der Waals surface area contributed by atoms with Crippen LogP contribution in [0.1, 0.15) is 19.8 Å². The number of likely N-dealkylation sites (N-methyl/N-ethyl adjacent to an activating group) is 1.